The fraction of sp³-hybridized carbons (Fsp3) is 0.250. The molecule has 0 unspecified atom stereocenters. The van der Waals surface area contributed by atoms with Crippen LogP contribution in [0.1, 0.15) is 21.7 Å². The lowest BCUT2D eigenvalue weighted by Crippen LogP contribution is -2.10. The summed E-state index contributed by atoms with van der Waals surface area (Å²) in [6, 6.07) is 11.6. The molecule has 0 spiro atoms. The maximum absolute atomic E-state index is 12.4. The number of nitrogens with zero attached hydrogens (tertiary/aromatic N) is 1. The van der Waals surface area contributed by atoms with Crippen LogP contribution in [0.3, 0.4) is 0 Å². The van der Waals surface area contributed by atoms with Crippen molar-refractivity contribution in [1.29, 1.82) is 0 Å². The van der Waals surface area contributed by atoms with E-state index in [1.165, 1.54) is 19.2 Å². The van der Waals surface area contributed by atoms with Crippen LogP contribution in [0.2, 0.25) is 0 Å². The first-order valence-corrected chi connectivity index (χ1v) is 8.56. The van der Waals surface area contributed by atoms with Gasteiger partial charge in [-0.2, -0.15) is 0 Å². The van der Waals surface area contributed by atoms with Gasteiger partial charge in [-0.1, -0.05) is 12.1 Å². The summed E-state index contributed by atoms with van der Waals surface area (Å²) in [5.74, 6) is 0.491. The van der Waals surface area contributed by atoms with Crippen molar-refractivity contribution < 1.29 is 28.6 Å². The van der Waals surface area contributed by atoms with Crippen molar-refractivity contribution in [3.05, 3.63) is 64.6 Å². The van der Waals surface area contributed by atoms with E-state index >= 15 is 0 Å². The molecule has 0 aliphatic heterocycles. The van der Waals surface area contributed by atoms with Gasteiger partial charge in [0.1, 0.15) is 35.9 Å². The Kier molecular flexibility index (Phi) is 6.15. The highest BCUT2D eigenvalue weighted by atomic mass is 16.8. The molecule has 3 rings (SSSR count). The molecule has 0 saturated carbocycles. The second-order valence-corrected chi connectivity index (χ2v) is 6.05. The van der Waals surface area contributed by atoms with Crippen LogP contribution in [-0.4, -0.2) is 31.5 Å². The van der Waals surface area contributed by atoms with E-state index in [2.05, 4.69) is 0 Å². The van der Waals surface area contributed by atoms with Gasteiger partial charge in [0.2, 0.25) is 0 Å². The van der Waals surface area contributed by atoms with E-state index in [0.717, 1.165) is 0 Å². The van der Waals surface area contributed by atoms with Gasteiger partial charge in [-0.25, -0.2) is 4.79 Å². The van der Waals surface area contributed by atoms with Crippen molar-refractivity contribution in [3.63, 3.8) is 0 Å². The summed E-state index contributed by atoms with van der Waals surface area (Å²) in [5.41, 5.74) is 1.71. The van der Waals surface area contributed by atoms with Crippen molar-refractivity contribution >= 4 is 22.6 Å². The zero-order valence-corrected chi connectivity index (χ0v) is 15.5. The molecule has 0 saturated heterocycles. The van der Waals surface area contributed by atoms with Crippen molar-refractivity contribution in [3.8, 4) is 5.75 Å². The number of ether oxygens (including phenoxy) is 3. The van der Waals surface area contributed by atoms with Crippen molar-refractivity contribution in [2.75, 3.05) is 25.6 Å². The second kappa shape index (κ2) is 8.75. The minimum absolute atomic E-state index is 0.114. The van der Waals surface area contributed by atoms with Gasteiger partial charge in [0.25, 0.3) is 0 Å². The molecule has 148 valence electrons. The minimum atomic E-state index is -0.489. The maximum atomic E-state index is 12.4. The second-order valence-electron chi connectivity index (χ2n) is 6.05. The van der Waals surface area contributed by atoms with Gasteiger partial charge in [0.05, 0.1) is 12.3 Å². The Hall–Kier alpha value is -3.07. The molecule has 8 heteroatoms. The summed E-state index contributed by atoms with van der Waals surface area (Å²) < 4.78 is 21.5. The standard InChI is InChI=1S/C20H20NO7/c1-13-19(20(22)26-9-8-25-2)17-11-16(6-7-18(17)28-13)27-12-14-4-3-5-15(10-14)21(23)24/h3-7,10-11,23H,8-9,12H2,1-2H3/q-1. The van der Waals surface area contributed by atoms with E-state index < -0.39 is 5.97 Å². The quantitative estimate of drug-likeness (QED) is 0.354. The minimum Gasteiger partial charge on any atom is -0.733 e. The number of carbonyl (C=O) groups is 1. The molecule has 1 aromatic heterocycles. The van der Waals surface area contributed by atoms with E-state index in [0.29, 0.717) is 40.2 Å². The van der Waals surface area contributed by atoms with Crippen LogP contribution in [-0.2, 0) is 16.1 Å². The number of esters is 1. The summed E-state index contributed by atoms with van der Waals surface area (Å²) in [6.45, 7) is 2.33. The van der Waals surface area contributed by atoms with E-state index in [1.54, 1.807) is 37.3 Å². The van der Waals surface area contributed by atoms with E-state index in [1.807, 2.05) is 0 Å². The largest absolute Gasteiger partial charge is 0.733 e. The fourth-order valence-electron chi connectivity index (χ4n) is 2.76. The van der Waals surface area contributed by atoms with Crippen LogP contribution in [0.15, 0.2) is 46.9 Å². The van der Waals surface area contributed by atoms with Crippen LogP contribution in [0.25, 0.3) is 11.0 Å². The third-order valence-corrected chi connectivity index (χ3v) is 4.10. The number of hydrogen-bond donors (Lipinski definition) is 1. The van der Waals surface area contributed by atoms with Crippen molar-refractivity contribution in [2.24, 2.45) is 0 Å². The topological polar surface area (TPSA) is 104 Å². The van der Waals surface area contributed by atoms with Gasteiger partial charge in [0.15, 0.2) is 0 Å². The highest BCUT2D eigenvalue weighted by Crippen LogP contribution is 2.30. The van der Waals surface area contributed by atoms with E-state index in [9.17, 15) is 10.0 Å². The molecule has 2 aromatic carbocycles. The smallest absolute Gasteiger partial charge is 0.342 e. The summed E-state index contributed by atoms with van der Waals surface area (Å²) in [4.78, 5) is 12.4. The Morgan fingerprint density at radius 2 is 2.04 bits per heavy atom. The van der Waals surface area contributed by atoms with Crippen molar-refractivity contribution in [1.82, 2.24) is 0 Å². The molecule has 0 aliphatic rings. The molecule has 0 fully saturated rings. The number of methoxy groups -OCH3 is 1. The Morgan fingerprint density at radius 1 is 1.21 bits per heavy atom. The average Bonchev–Trinajstić information content (AvgIpc) is 3.01. The maximum Gasteiger partial charge on any atom is 0.342 e. The Morgan fingerprint density at radius 3 is 2.79 bits per heavy atom. The Bertz CT molecular complexity index is 964. The van der Waals surface area contributed by atoms with Gasteiger partial charge in [-0.15, -0.1) is 0 Å². The summed E-state index contributed by atoms with van der Waals surface area (Å²) >= 11 is 0. The molecular weight excluding hydrogens is 366 g/mol. The van der Waals surface area contributed by atoms with E-state index in [4.69, 9.17) is 23.8 Å². The van der Waals surface area contributed by atoms with Crippen LogP contribution in [0.4, 0.5) is 5.69 Å². The predicted octanol–water partition coefficient (Wildman–Crippen LogP) is 3.82. The third kappa shape index (κ3) is 4.42. The van der Waals surface area contributed by atoms with Crippen LogP contribution < -0.4 is 9.96 Å². The molecule has 3 aromatic rings. The first kappa shape index (κ1) is 19.7. The number of rotatable bonds is 8. The van der Waals surface area contributed by atoms with Gasteiger partial charge in [0, 0.05) is 12.5 Å². The number of hydrogen-bond acceptors (Lipinski definition) is 8. The van der Waals surface area contributed by atoms with Crippen LogP contribution >= 0.6 is 0 Å². The number of fused-ring (bicyclic) bond motifs is 1. The van der Waals surface area contributed by atoms with Gasteiger partial charge in [-0.3, -0.25) is 5.21 Å². The molecule has 0 aliphatic carbocycles. The first-order valence-electron chi connectivity index (χ1n) is 8.56. The molecule has 1 heterocycles. The highest BCUT2D eigenvalue weighted by molar-refractivity contribution is 6.04. The molecule has 0 bridgehead atoms. The lowest BCUT2D eigenvalue weighted by Gasteiger charge is -2.22. The number of benzene rings is 2. The Labute approximate surface area is 161 Å². The zero-order valence-electron chi connectivity index (χ0n) is 15.5. The summed E-state index contributed by atoms with van der Waals surface area (Å²) in [7, 11) is 1.53. The SMILES string of the molecule is COCCOC(=O)c1c(C)oc2ccc(OCc3cccc(N([O-])O)c3)cc12. The van der Waals surface area contributed by atoms with Crippen LogP contribution in [0, 0.1) is 12.1 Å². The van der Waals surface area contributed by atoms with Gasteiger partial charge in [-0.05, 0) is 42.8 Å². The monoisotopic (exact) mass is 386 g/mol. The van der Waals surface area contributed by atoms with Crippen molar-refractivity contribution in [2.45, 2.75) is 13.5 Å². The lowest BCUT2D eigenvalue weighted by atomic mass is 10.1. The molecule has 0 radical (unpaired) electrons. The van der Waals surface area contributed by atoms with Gasteiger partial charge >= 0.3 is 5.97 Å². The molecule has 1 N–H and O–H groups in total. The Balaban J connectivity index is 1.78. The average molecular weight is 386 g/mol. The number of carbonyl (C=O) groups excluding carboxylic acids is 1. The molecule has 8 nitrogen and oxygen atoms in total. The molecule has 28 heavy (non-hydrogen) atoms. The first-order chi connectivity index (χ1) is 13.5. The fourth-order valence-corrected chi connectivity index (χ4v) is 2.76. The molecule has 0 atom stereocenters. The number of furan rings is 1. The predicted molar refractivity (Wildman–Crippen MR) is 102 cm³/mol. The summed E-state index contributed by atoms with van der Waals surface area (Å²) in [6.07, 6.45) is 0. The van der Waals surface area contributed by atoms with Crippen LogP contribution in [0.5, 0.6) is 5.75 Å². The molecule has 0 amide bonds. The lowest BCUT2D eigenvalue weighted by molar-refractivity contribution is 0.0388. The number of anilines is 1. The zero-order chi connectivity index (χ0) is 20.1. The highest BCUT2D eigenvalue weighted by Gasteiger charge is 2.20. The number of aryl methyl sites for hydroxylation is 1. The third-order valence-electron chi connectivity index (χ3n) is 4.10. The summed E-state index contributed by atoms with van der Waals surface area (Å²) in [5, 5.41) is 20.4. The molecular formula is C20H20NO7-. The van der Waals surface area contributed by atoms with E-state index in [-0.39, 0.29) is 24.1 Å². The normalized spacial score (nSPS) is 10.9. The van der Waals surface area contributed by atoms with Gasteiger partial charge < -0.3 is 29.1 Å².